The molecular weight excluding hydrogens is 236 g/mol. The minimum Gasteiger partial charge on any atom is -0.206 e. The number of hydrogen-bond donors (Lipinski definition) is 0. The summed E-state index contributed by atoms with van der Waals surface area (Å²) in [6.07, 6.45) is -4.04. The molecule has 0 saturated carbocycles. The Bertz CT molecular complexity index is 528. The van der Waals surface area contributed by atoms with E-state index in [1.165, 1.54) is 12.1 Å². The topological polar surface area (TPSA) is 47.6 Å². The lowest BCUT2D eigenvalue weighted by Crippen LogP contribution is -2.08. The monoisotopic (exact) mass is 240 g/mol. The van der Waals surface area contributed by atoms with Crippen LogP contribution in [0.4, 0.5) is 17.6 Å². The molecule has 0 heterocycles. The van der Waals surface area contributed by atoms with Crippen LogP contribution >= 0.6 is 0 Å². The van der Waals surface area contributed by atoms with Crippen molar-refractivity contribution in [2.24, 2.45) is 0 Å². The lowest BCUT2D eigenvalue weighted by atomic mass is 10.1. The van der Waals surface area contributed by atoms with E-state index in [4.69, 9.17) is 10.5 Å². The van der Waals surface area contributed by atoms with Gasteiger partial charge in [-0.2, -0.15) is 23.7 Å². The van der Waals surface area contributed by atoms with Crippen molar-refractivity contribution in [1.82, 2.24) is 0 Å². The zero-order valence-corrected chi connectivity index (χ0v) is 8.22. The van der Waals surface area contributed by atoms with E-state index in [0.29, 0.717) is 6.07 Å². The highest BCUT2D eigenvalue weighted by Gasteiger charge is 2.34. The summed E-state index contributed by atoms with van der Waals surface area (Å²) >= 11 is 0. The van der Waals surface area contributed by atoms with Gasteiger partial charge in [-0.3, -0.25) is 0 Å². The minimum atomic E-state index is -4.81. The smallest absolute Gasteiger partial charge is 0.206 e. The molecule has 0 N–H and O–H groups in total. The van der Waals surface area contributed by atoms with Crippen LogP contribution < -0.4 is 0 Å². The molecule has 2 nitrogen and oxygen atoms in total. The van der Waals surface area contributed by atoms with Gasteiger partial charge in [0.2, 0.25) is 0 Å². The molecule has 0 radical (unpaired) electrons. The summed E-state index contributed by atoms with van der Waals surface area (Å²) in [4.78, 5) is 0. The summed E-state index contributed by atoms with van der Waals surface area (Å²) in [7, 11) is 0. The molecule has 0 aromatic heterocycles. The van der Waals surface area contributed by atoms with Crippen molar-refractivity contribution in [3.63, 3.8) is 0 Å². The number of nitriles is 2. The SMILES string of the molecule is N#CC(C#N)=Cc1cccc(C(F)(F)F)c1F. The second-order valence-electron chi connectivity index (χ2n) is 2.99. The maximum Gasteiger partial charge on any atom is 0.419 e. The Hall–Kier alpha value is -2.34. The molecule has 0 aliphatic rings. The number of allylic oxidation sites excluding steroid dienone is 1. The van der Waals surface area contributed by atoms with Crippen LogP contribution in [0.1, 0.15) is 11.1 Å². The van der Waals surface area contributed by atoms with E-state index in [1.807, 2.05) is 0 Å². The van der Waals surface area contributed by atoms with E-state index in [0.717, 1.165) is 18.2 Å². The Morgan fingerprint density at radius 3 is 2.24 bits per heavy atom. The molecule has 6 heteroatoms. The third kappa shape index (κ3) is 2.82. The third-order valence-electron chi connectivity index (χ3n) is 1.87. The first-order chi connectivity index (χ1) is 7.90. The highest BCUT2D eigenvalue weighted by molar-refractivity contribution is 5.63. The van der Waals surface area contributed by atoms with Gasteiger partial charge in [0.05, 0.1) is 5.56 Å². The molecule has 0 aliphatic heterocycles. The van der Waals surface area contributed by atoms with Crippen molar-refractivity contribution in [2.75, 3.05) is 0 Å². The fraction of sp³-hybridized carbons (Fsp3) is 0.0909. The van der Waals surface area contributed by atoms with Gasteiger partial charge in [0.1, 0.15) is 23.5 Å². The summed E-state index contributed by atoms with van der Waals surface area (Å²) < 4.78 is 50.4. The van der Waals surface area contributed by atoms with Crippen molar-refractivity contribution in [3.8, 4) is 12.1 Å². The summed E-state index contributed by atoms with van der Waals surface area (Å²) in [6, 6.07) is 5.52. The molecule has 17 heavy (non-hydrogen) atoms. The van der Waals surface area contributed by atoms with Crippen LogP contribution in [-0.4, -0.2) is 0 Å². The van der Waals surface area contributed by atoms with Gasteiger partial charge in [-0.25, -0.2) is 4.39 Å². The van der Waals surface area contributed by atoms with E-state index >= 15 is 0 Å². The fourth-order valence-electron chi connectivity index (χ4n) is 1.13. The second kappa shape index (κ2) is 4.67. The van der Waals surface area contributed by atoms with E-state index in [1.54, 1.807) is 0 Å². The molecular formula is C11H4F4N2. The average molecular weight is 240 g/mol. The number of rotatable bonds is 1. The molecule has 0 unspecified atom stereocenters. The number of benzene rings is 1. The third-order valence-corrected chi connectivity index (χ3v) is 1.87. The molecule has 0 saturated heterocycles. The van der Waals surface area contributed by atoms with Crippen LogP contribution in [0.2, 0.25) is 0 Å². The van der Waals surface area contributed by atoms with Crippen LogP contribution in [-0.2, 0) is 6.18 Å². The average Bonchev–Trinajstić information content (AvgIpc) is 2.26. The molecule has 0 aliphatic carbocycles. The molecule has 86 valence electrons. The van der Waals surface area contributed by atoms with Gasteiger partial charge in [-0.1, -0.05) is 12.1 Å². The van der Waals surface area contributed by atoms with Gasteiger partial charge < -0.3 is 0 Å². The predicted octanol–water partition coefficient (Wildman–Crippen LogP) is 3.28. The lowest BCUT2D eigenvalue weighted by Gasteiger charge is -2.08. The van der Waals surface area contributed by atoms with E-state index in [2.05, 4.69) is 0 Å². The zero-order valence-electron chi connectivity index (χ0n) is 8.22. The van der Waals surface area contributed by atoms with E-state index < -0.39 is 28.7 Å². The Balaban J connectivity index is 3.37. The van der Waals surface area contributed by atoms with Crippen molar-refractivity contribution in [2.45, 2.75) is 6.18 Å². The highest BCUT2D eigenvalue weighted by Crippen LogP contribution is 2.32. The summed E-state index contributed by atoms with van der Waals surface area (Å²) in [5.41, 5.74) is -2.34. The lowest BCUT2D eigenvalue weighted by molar-refractivity contribution is -0.140. The minimum absolute atomic E-state index is 0.446. The van der Waals surface area contributed by atoms with Gasteiger partial charge >= 0.3 is 6.18 Å². The first-order valence-corrected chi connectivity index (χ1v) is 4.27. The predicted molar refractivity (Wildman–Crippen MR) is 50.6 cm³/mol. The molecule has 0 amide bonds. The first-order valence-electron chi connectivity index (χ1n) is 4.27. The Morgan fingerprint density at radius 1 is 1.18 bits per heavy atom. The van der Waals surface area contributed by atoms with Gasteiger partial charge in [0, 0.05) is 5.56 Å². The van der Waals surface area contributed by atoms with Gasteiger partial charge in [0.25, 0.3) is 0 Å². The first kappa shape index (κ1) is 12.7. The van der Waals surface area contributed by atoms with Crippen LogP contribution in [0.5, 0.6) is 0 Å². The Kier molecular flexibility index (Phi) is 3.49. The number of alkyl halides is 3. The highest BCUT2D eigenvalue weighted by atomic mass is 19.4. The normalized spacial score (nSPS) is 10.2. The van der Waals surface area contributed by atoms with Crippen LogP contribution in [0.15, 0.2) is 23.8 Å². The largest absolute Gasteiger partial charge is 0.419 e. The maximum absolute atomic E-state index is 13.4. The number of halogens is 4. The molecule has 1 rings (SSSR count). The molecule has 0 atom stereocenters. The molecule has 1 aromatic rings. The van der Waals surface area contributed by atoms with E-state index in [9.17, 15) is 17.6 Å². The summed E-state index contributed by atoms with van der Waals surface area (Å²) in [5.74, 6) is -1.50. The van der Waals surface area contributed by atoms with Crippen LogP contribution in [0, 0.1) is 28.5 Å². The van der Waals surface area contributed by atoms with Gasteiger partial charge in [-0.15, -0.1) is 0 Å². The molecule has 0 spiro atoms. The molecule has 0 bridgehead atoms. The zero-order chi connectivity index (χ0) is 13.1. The van der Waals surface area contributed by atoms with E-state index in [-0.39, 0.29) is 0 Å². The second-order valence-corrected chi connectivity index (χ2v) is 2.99. The standard InChI is InChI=1S/C11H4F4N2/c12-10-8(4-7(5-16)6-17)2-1-3-9(10)11(13,14)15/h1-4H. The Labute approximate surface area is 94.0 Å². The summed E-state index contributed by atoms with van der Waals surface area (Å²) in [5, 5.41) is 16.8. The van der Waals surface area contributed by atoms with Crippen molar-refractivity contribution in [3.05, 3.63) is 40.7 Å². The summed E-state index contributed by atoms with van der Waals surface area (Å²) in [6.45, 7) is 0. The number of nitrogens with zero attached hydrogens (tertiary/aromatic N) is 2. The quantitative estimate of drug-likeness (QED) is 0.558. The Morgan fingerprint density at radius 2 is 1.76 bits per heavy atom. The van der Waals surface area contributed by atoms with Crippen molar-refractivity contribution in [1.29, 1.82) is 10.5 Å². The van der Waals surface area contributed by atoms with Gasteiger partial charge in [-0.05, 0) is 12.1 Å². The fourth-order valence-corrected chi connectivity index (χ4v) is 1.13. The molecule has 1 aromatic carbocycles. The van der Waals surface area contributed by atoms with Crippen molar-refractivity contribution < 1.29 is 17.6 Å². The van der Waals surface area contributed by atoms with Gasteiger partial charge in [0.15, 0.2) is 0 Å². The maximum atomic E-state index is 13.4. The van der Waals surface area contributed by atoms with Crippen LogP contribution in [0.25, 0.3) is 6.08 Å². The number of hydrogen-bond acceptors (Lipinski definition) is 2. The molecule has 0 fully saturated rings. The van der Waals surface area contributed by atoms with Crippen LogP contribution in [0.3, 0.4) is 0 Å². The van der Waals surface area contributed by atoms with Crippen molar-refractivity contribution >= 4 is 6.08 Å².